The molecule has 0 N–H and O–H groups in total. The van der Waals surface area contributed by atoms with E-state index in [0.29, 0.717) is 5.75 Å². The van der Waals surface area contributed by atoms with Gasteiger partial charge in [-0.2, -0.15) is 0 Å². The van der Waals surface area contributed by atoms with Gasteiger partial charge in [0.2, 0.25) is 5.91 Å². The molecule has 0 radical (unpaired) electrons. The predicted molar refractivity (Wildman–Crippen MR) is 90.7 cm³/mol. The number of benzene rings is 1. The molecule has 0 atom stereocenters. The van der Waals surface area contributed by atoms with Crippen molar-refractivity contribution in [1.82, 2.24) is 19.7 Å². The zero-order valence-electron chi connectivity index (χ0n) is 12.3. The zero-order valence-corrected chi connectivity index (χ0v) is 14.7. The van der Waals surface area contributed by atoms with Gasteiger partial charge in [-0.05, 0) is 18.9 Å². The largest absolute Gasteiger partial charge is 0.342 e. The van der Waals surface area contributed by atoms with Gasteiger partial charge < -0.3 is 9.47 Å². The SMILES string of the molecule is Cn1c(SCC(=O)N2CCCC2)nnc1-c1ccccc1Br. The lowest BCUT2D eigenvalue weighted by atomic mass is 10.2. The van der Waals surface area contributed by atoms with Crippen LogP contribution in [0.4, 0.5) is 0 Å². The molecule has 1 fully saturated rings. The molecule has 0 aliphatic carbocycles. The van der Waals surface area contributed by atoms with Crippen LogP contribution in [0.5, 0.6) is 0 Å². The van der Waals surface area contributed by atoms with Crippen molar-refractivity contribution in [3.8, 4) is 11.4 Å². The molecule has 1 aromatic heterocycles. The first-order chi connectivity index (χ1) is 10.7. The van der Waals surface area contributed by atoms with Crippen molar-refractivity contribution in [1.29, 1.82) is 0 Å². The van der Waals surface area contributed by atoms with Crippen molar-refractivity contribution in [2.24, 2.45) is 7.05 Å². The average molecular weight is 381 g/mol. The minimum atomic E-state index is 0.188. The van der Waals surface area contributed by atoms with Gasteiger partial charge in [0.05, 0.1) is 5.75 Å². The van der Waals surface area contributed by atoms with Crippen LogP contribution >= 0.6 is 27.7 Å². The van der Waals surface area contributed by atoms with Gasteiger partial charge in [0.1, 0.15) is 0 Å². The van der Waals surface area contributed by atoms with Crippen LogP contribution in [0.2, 0.25) is 0 Å². The van der Waals surface area contributed by atoms with Crippen LogP contribution in [0.15, 0.2) is 33.9 Å². The molecule has 1 saturated heterocycles. The average Bonchev–Trinajstić information content (AvgIpc) is 3.16. The lowest BCUT2D eigenvalue weighted by Gasteiger charge is -2.14. The lowest BCUT2D eigenvalue weighted by molar-refractivity contribution is -0.127. The van der Waals surface area contributed by atoms with Gasteiger partial charge in [0.25, 0.3) is 0 Å². The van der Waals surface area contributed by atoms with E-state index >= 15 is 0 Å². The Morgan fingerprint density at radius 2 is 2.00 bits per heavy atom. The third-order valence-corrected chi connectivity index (χ3v) is 5.43. The summed E-state index contributed by atoms with van der Waals surface area (Å²) in [5, 5.41) is 9.24. The fourth-order valence-electron chi connectivity index (χ4n) is 2.50. The topological polar surface area (TPSA) is 51.0 Å². The van der Waals surface area contributed by atoms with E-state index in [0.717, 1.165) is 46.9 Å². The van der Waals surface area contributed by atoms with Gasteiger partial charge in [-0.25, -0.2) is 0 Å². The molecule has 7 heteroatoms. The van der Waals surface area contributed by atoms with Gasteiger partial charge in [0.15, 0.2) is 11.0 Å². The van der Waals surface area contributed by atoms with E-state index in [-0.39, 0.29) is 5.91 Å². The Morgan fingerprint density at radius 3 is 2.73 bits per heavy atom. The van der Waals surface area contributed by atoms with Gasteiger partial charge in [0, 0.05) is 30.2 Å². The van der Waals surface area contributed by atoms with Gasteiger partial charge in [-0.1, -0.05) is 45.9 Å². The fraction of sp³-hybridized carbons (Fsp3) is 0.400. The molecule has 0 saturated carbocycles. The van der Waals surface area contributed by atoms with Gasteiger partial charge >= 0.3 is 0 Å². The summed E-state index contributed by atoms with van der Waals surface area (Å²) in [4.78, 5) is 14.0. The van der Waals surface area contributed by atoms with Crippen LogP contribution in [-0.2, 0) is 11.8 Å². The molecular formula is C15H17BrN4OS. The first kappa shape index (κ1) is 15.6. The minimum Gasteiger partial charge on any atom is -0.342 e. The van der Waals surface area contributed by atoms with E-state index < -0.39 is 0 Å². The molecule has 116 valence electrons. The van der Waals surface area contributed by atoms with E-state index in [2.05, 4.69) is 26.1 Å². The normalized spacial score (nSPS) is 14.5. The molecule has 22 heavy (non-hydrogen) atoms. The van der Waals surface area contributed by atoms with Crippen LogP contribution in [0.1, 0.15) is 12.8 Å². The lowest BCUT2D eigenvalue weighted by Crippen LogP contribution is -2.29. The quantitative estimate of drug-likeness (QED) is 0.765. The Bertz CT molecular complexity index is 682. The van der Waals surface area contributed by atoms with Crippen molar-refractivity contribution < 1.29 is 4.79 Å². The number of hydrogen-bond acceptors (Lipinski definition) is 4. The summed E-state index contributed by atoms with van der Waals surface area (Å²) in [6, 6.07) is 7.92. The van der Waals surface area contributed by atoms with Gasteiger partial charge in [-0.15, -0.1) is 10.2 Å². The fourth-order valence-corrected chi connectivity index (χ4v) is 3.78. The number of carbonyl (C=O) groups is 1. The third-order valence-electron chi connectivity index (χ3n) is 3.73. The Hall–Kier alpha value is -1.34. The van der Waals surface area contributed by atoms with Crippen molar-refractivity contribution >= 4 is 33.6 Å². The highest BCUT2D eigenvalue weighted by Gasteiger charge is 2.19. The molecule has 1 aromatic carbocycles. The number of likely N-dealkylation sites (tertiary alicyclic amines) is 1. The van der Waals surface area contributed by atoms with Gasteiger partial charge in [-0.3, -0.25) is 4.79 Å². The van der Waals surface area contributed by atoms with Crippen molar-refractivity contribution in [2.45, 2.75) is 18.0 Å². The van der Waals surface area contributed by atoms with Crippen LogP contribution in [-0.4, -0.2) is 44.4 Å². The second-order valence-electron chi connectivity index (χ2n) is 5.22. The Kier molecular flexibility index (Phi) is 4.83. The highest BCUT2D eigenvalue weighted by molar-refractivity contribution is 9.10. The molecule has 2 heterocycles. The summed E-state index contributed by atoms with van der Waals surface area (Å²) in [5.41, 5.74) is 0.996. The van der Waals surface area contributed by atoms with E-state index in [9.17, 15) is 4.79 Å². The van der Waals surface area contributed by atoms with Crippen LogP contribution in [0, 0.1) is 0 Å². The first-order valence-corrected chi connectivity index (χ1v) is 8.99. The monoisotopic (exact) mass is 380 g/mol. The highest BCUT2D eigenvalue weighted by atomic mass is 79.9. The van der Waals surface area contributed by atoms with Crippen LogP contribution < -0.4 is 0 Å². The smallest absolute Gasteiger partial charge is 0.233 e. The van der Waals surface area contributed by atoms with Crippen LogP contribution in [0.25, 0.3) is 11.4 Å². The first-order valence-electron chi connectivity index (χ1n) is 7.21. The maximum absolute atomic E-state index is 12.1. The summed E-state index contributed by atoms with van der Waals surface area (Å²) in [6.07, 6.45) is 2.24. The summed E-state index contributed by atoms with van der Waals surface area (Å²) in [5.74, 6) is 1.40. The second kappa shape index (κ2) is 6.83. The Balaban J connectivity index is 1.71. The molecule has 3 rings (SSSR count). The van der Waals surface area contributed by atoms with E-state index in [1.54, 1.807) is 0 Å². The summed E-state index contributed by atoms with van der Waals surface area (Å²) < 4.78 is 2.91. The third kappa shape index (κ3) is 3.20. The zero-order chi connectivity index (χ0) is 15.5. The van der Waals surface area contributed by atoms with Crippen molar-refractivity contribution in [3.05, 3.63) is 28.7 Å². The number of carbonyl (C=O) groups excluding carboxylic acids is 1. The molecule has 2 aromatic rings. The highest BCUT2D eigenvalue weighted by Crippen LogP contribution is 2.28. The molecule has 1 aliphatic rings. The second-order valence-corrected chi connectivity index (χ2v) is 7.02. The van der Waals surface area contributed by atoms with Crippen LogP contribution in [0.3, 0.4) is 0 Å². The number of hydrogen-bond donors (Lipinski definition) is 0. The van der Waals surface area contributed by atoms with Crippen molar-refractivity contribution in [2.75, 3.05) is 18.8 Å². The Morgan fingerprint density at radius 1 is 1.27 bits per heavy atom. The molecule has 1 aliphatic heterocycles. The molecular weight excluding hydrogens is 364 g/mol. The predicted octanol–water partition coefficient (Wildman–Crippen LogP) is 2.96. The van der Waals surface area contributed by atoms with E-state index in [1.165, 1.54) is 11.8 Å². The number of thioether (sulfide) groups is 1. The number of amides is 1. The number of aromatic nitrogens is 3. The Labute approximate surface area is 142 Å². The maximum Gasteiger partial charge on any atom is 0.233 e. The molecule has 0 bridgehead atoms. The maximum atomic E-state index is 12.1. The molecule has 0 unspecified atom stereocenters. The van der Waals surface area contributed by atoms with E-state index in [4.69, 9.17) is 0 Å². The summed E-state index contributed by atoms with van der Waals surface area (Å²) >= 11 is 4.98. The number of rotatable bonds is 4. The number of halogens is 1. The van der Waals surface area contributed by atoms with Crippen molar-refractivity contribution in [3.63, 3.8) is 0 Å². The summed E-state index contributed by atoms with van der Waals surface area (Å²) in [6.45, 7) is 1.78. The summed E-state index contributed by atoms with van der Waals surface area (Å²) in [7, 11) is 1.93. The molecule has 0 spiro atoms. The number of nitrogens with zero attached hydrogens (tertiary/aromatic N) is 4. The molecule has 1 amide bonds. The van der Waals surface area contributed by atoms with E-state index in [1.807, 2.05) is 40.8 Å². The minimum absolute atomic E-state index is 0.188. The molecule has 5 nitrogen and oxygen atoms in total. The standard InChI is InChI=1S/C15H17BrN4OS/c1-19-14(11-6-2-3-7-12(11)16)17-18-15(19)22-10-13(21)20-8-4-5-9-20/h2-3,6-7H,4-5,8-10H2,1H3.